The molecule has 0 aliphatic rings. The van der Waals surface area contributed by atoms with Gasteiger partial charge >= 0.3 is 0 Å². The lowest BCUT2D eigenvalue weighted by Gasteiger charge is -2.09. The summed E-state index contributed by atoms with van der Waals surface area (Å²) in [5, 5.41) is 3.74. The number of rotatable bonds is 4. The van der Waals surface area contributed by atoms with E-state index < -0.39 is 0 Å². The van der Waals surface area contributed by atoms with Gasteiger partial charge in [-0.15, -0.1) is 0 Å². The Morgan fingerprint density at radius 3 is 2.77 bits per heavy atom. The van der Waals surface area contributed by atoms with Crippen LogP contribution in [0.2, 0.25) is 0 Å². The number of fused-ring (bicyclic) bond motifs is 1. The molecule has 22 heavy (non-hydrogen) atoms. The first-order valence-corrected chi connectivity index (χ1v) is 7.53. The number of aromatic nitrogens is 1. The molecule has 1 heterocycles. The average molecular weight is 357 g/mol. The summed E-state index contributed by atoms with van der Waals surface area (Å²) in [7, 11) is 0. The number of hydrogen-bond acceptors (Lipinski definition) is 3. The highest BCUT2D eigenvalue weighted by Crippen LogP contribution is 2.25. The van der Waals surface area contributed by atoms with Crippen molar-refractivity contribution in [2.45, 2.75) is 0 Å². The Morgan fingerprint density at radius 1 is 1.14 bits per heavy atom. The summed E-state index contributed by atoms with van der Waals surface area (Å²) in [5.74, 6) is 0.455. The van der Waals surface area contributed by atoms with Crippen LogP contribution in [0.15, 0.2) is 65.3 Å². The maximum atomic E-state index is 12.0. The Kier molecular flexibility index (Phi) is 4.34. The van der Waals surface area contributed by atoms with Crippen molar-refractivity contribution < 1.29 is 9.53 Å². The molecule has 0 bridgehead atoms. The number of nitrogens with zero attached hydrogens (tertiary/aromatic N) is 1. The minimum Gasteiger partial charge on any atom is -0.484 e. The molecule has 1 aromatic heterocycles. The van der Waals surface area contributed by atoms with Gasteiger partial charge < -0.3 is 10.1 Å². The normalized spacial score (nSPS) is 10.4. The first-order valence-electron chi connectivity index (χ1n) is 6.74. The fraction of sp³-hybridized carbons (Fsp3) is 0.0588. The van der Waals surface area contributed by atoms with Gasteiger partial charge in [0.25, 0.3) is 5.91 Å². The molecule has 0 fully saturated rings. The van der Waals surface area contributed by atoms with Crippen LogP contribution in [0.4, 0.5) is 5.69 Å². The molecule has 4 nitrogen and oxygen atoms in total. The second-order valence-corrected chi connectivity index (χ2v) is 5.59. The maximum Gasteiger partial charge on any atom is 0.262 e. The molecule has 0 saturated heterocycles. The molecular formula is C17H13BrN2O2. The van der Waals surface area contributed by atoms with Crippen molar-refractivity contribution in [3.63, 3.8) is 0 Å². The molecule has 0 spiro atoms. The van der Waals surface area contributed by atoms with Gasteiger partial charge in [-0.2, -0.15) is 0 Å². The zero-order valence-corrected chi connectivity index (χ0v) is 13.2. The first kappa shape index (κ1) is 14.5. The molecule has 0 aliphatic carbocycles. The molecule has 1 amide bonds. The minimum absolute atomic E-state index is 0.0398. The Hall–Kier alpha value is -2.40. The molecule has 0 unspecified atom stereocenters. The number of nitrogens with one attached hydrogen (secondary N) is 1. The van der Waals surface area contributed by atoms with E-state index in [1.165, 1.54) is 0 Å². The molecule has 0 aliphatic heterocycles. The average Bonchev–Trinajstić information content (AvgIpc) is 2.54. The number of para-hydroxylation sites is 1. The van der Waals surface area contributed by atoms with Crippen molar-refractivity contribution >= 4 is 38.4 Å². The standard InChI is InChI=1S/C17H13BrN2O2/c18-12-6-7-15-14(10-12)16(8-9-19-15)20-17(21)11-22-13-4-2-1-3-5-13/h1-10H,11H2,(H,19,20,21). The third-order valence-corrected chi connectivity index (χ3v) is 3.58. The van der Waals surface area contributed by atoms with Crippen molar-refractivity contribution in [1.82, 2.24) is 4.98 Å². The van der Waals surface area contributed by atoms with E-state index in [1.54, 1.807) is 12.3 Å². The molecular weight excluding hydrogens is 344 g/mol. The predicted octanol–water partition coefficient (Wildman–Crippen LogP) is 4.01. The third-order valence-electron chi connectivity index (χ3n) is 3.09. The van der Waals surface area contributed by atoms with E-state index in [4.69, 9.17) is 4.74 Å². The molecule has 2 aromatic carbocycles. The van der Waals surface area contributed by atoms with Crippen LogP contribution in [0.3, 0.4) is 0 Å². The van der Waals surface area contributed by atoms with E-state index in [0.717, 1.165) is 15.4 Å². The van der Waals surface area contributed by atoms with Crippen molar-refractivity contribution in [3.8, 4) is 5.75 Å². The van der Waals surface area contributed by atoms with Crippen molar-refractivity contribution in [3.05, 3.63) is 65.3 Å². The fourth-order valence-electron chi connectivity index (χ4n) is 2.08. The molecule has 0 radical (unpaired) electrons. The summed E-state index contributed by atoms with van der Waals surface area (Å²) in [6.07, 6.45) is 1.67. The number of halogens is 1. The Balaban J connectivity index is 1.73. The van der Waals surface area contributed by atoms with Gasteiger partial charge in [0.15, 0.2) is 6.61 Å². The summed E-state index contributed by atoms with van der Waals surface area (Å²) in [5.41, 5.74) is 1.54. The van der Waals surface area contributed by atoms with E-state index in [0.29, 0.717) is 11.4 Å². The Morgan fingerprint density at radius 2 is 1.95 bits per heavy atom. The van der Waals surface area contributed by atoms with E-state index in [9.17, 15) is 4.79 Å². The van der Waals surface area contributed by atoms with Gasteiger partial charge in [-0.3, -0.25) is 9.78 Å². The van der Waals surface area contributed by atoms with E-state index in [2.05, 4.69) is 26.2 Å². The van der Waals surface area contributed by atoms with Crippen molar-refractivity contribution in [1.29, 1.82) is 0 Å². The van der Waals surface area contributed by atoms with Crippen LogP contribution in [0, 0.1) is 0 Å². The van der Waals surface area contributed by atoms with Crippen LogP contribution in [0.5, 0.6) is 5.75 Å². The number of carbonyl (C=O) groups excluding carboxylic acids is 1. The second-order valence-electron chi connectivity index (χ2n) is 4.67. The zero-order valence-electron chi connectivity index (χ0n) is 11.6. The number of anilines is 1. The number of benzene rings is 2. The Labute approximate surface area is 136 Å². The van der Waals surface area contributed by atoms with Gasteiger partial charge in [-0.1, -0.05) is 34.1 Å². The van der Waals surface area contributed by atoms with Gasteiger partial charge in [0, 0.05) is 16.1 Å². The van der Waals surface area contributed by atoms with E-state index >= 15 is 0 Å². The number of hydrogen-bond donors (Lipinski definition) is 1. The summed E-state index contributed by atoms with van der Waals surface area (Å²) in [6.45, 7) is -0.0398. The summed E-state index contributed by atoms with van der Waals surface area (Å²) < 4.78 is 6.37. The number of carbonyl (C=O) groups is 1. The minimum atomic E-state index is -0.212. The van der Waals surface area contributed by atoms with E-state index in [-0.39, 0.29) is 12.5 Å². The van der Waals surface area contributed by atoms with Gasteiger partial charge in [-0.05, 0) is 36.4 Å². The topological polar surface area (TPSA) is 51.2 Å². The molecule has 0 saturated carbocycles. The Bertz CT molecular complexity index is 806. The molecule has 110 valence electrons. The van der Waals surface area contributed by atoms with Gasteiger partial charge in [0.1, 0.15) is 5.75 Å². The highest BCUT2D eigenvalue weighted by Gasteiger charge is 2.07. The lowest BCUT2D eigenvalue weighted by atomic mass is 10.2. The number of pyridine rings is 1. The lowest BCUT2D eigenvalue weighted by Crippen LogP contribution is -2.20. The predicted molar refractivity (Wildman–Crippen MR) is 90.0 cm³/mol. The van der Waals surface area contributed by atoms with Gasteiger partial charge in [0.2, 0.25) is 0 Å². The monoisotopic (exact) mass is 356 g/mol. The summed E-state index contributed by atoms with van der Waals surface area (Å²) in [4.78, 5) is 16.3. The maximum absolute atomic E-state index is 12.0. The number of ether oxygens (including phenoxy) is 1. The third kappa shape index (κ3) is 3.43. The van der Waals surface area contributed by atoms with Crippen LogP contribution in [0.25, 0.3) is 10.9 Å². The highest BCUT2D eigenvalue weighted by atomic mass is 79.9. The second kappa shape index (κ2) is 6.58. The van der Waals surface area contributed by atoms with Crippen molar-refractivity contribution in [2.75, 3.05) is 11.9 Å². The number of amides is 1. The highest BCUT2D eigenvalue weighted by molar-refractivity contribution is 9.10. The largest absolute Gasteiger partial charge is 0.484 e. The molecule has 3 rings (SSSR count). The molecule has 0 atom stereocenters. The first-order chi connectivity index (χ1) is 10.7. The van der Waals surface area contributed by atoms with Crippen LogP contribution < -0.4 is 10.1 Å². The summed E-state index contributed by atoms with van der Waals surface area (Å²) in [6, 6.07) is 16.8. The quantitative estimate of drug-likeness (QED) is 0.768. The van der Waals surface area contributed by atoms with Crippen LogP contribution in [-0.4, -0.2) is 17.5 Å². The zero-order chi connectivity index (χ0) is 15.4. The van der Waals surface area contributed by atoms with Gasteiger partial charge in [0.05, 0.1) is 11.2 Å². The van der Waals surface area contributed by atoms with E-state index in [1.807, 2.05) is 48.5 Å². The lowest BCUT2D eigenvalue weighted by molar-refractivity contribution is -0.118. The molecule has 3 aromatic rings. The molecule has 1 N–H and O–H groups in total. The SMILES string of the molecule is O=C(COc1ccccc1)Nc1ccnc2ccc(Br)cc12. The van der Waals surface area contributed by atoms with Crippen molar-refractivity contribution in [2.24, 2.45) is 0 Å². The van der Waals surface area contributed by atoms with Crippen LogP contribution >= 0.6 is 15.9 Å². The van der Waals surface area contributed by atoms with Gasteiger partial charge in [-0.25, -0.2) is 0 Å². The van der Waals surface area contributed by atoms with Crippen LogP contribution in [0.1, 0.15) is 0 Å². The molecule has 5 heteroatoms. The summed E-state index contributed by atoms with van der Waals surface area (Å²) >= 11 is 3.43. The van der Waals surface area contributed by atoms with Crippen LogP contribution in [-0.2, 0) is 4.79 Å². The fourth-order valence-corrected chi connectivity index (χ4v) is 2.44. The smallest absolute Gasteiger partial charge is 0.262 e.